The Bertz CT molecular complexity index is 134. The zero-order valence-electron chi connectivity index (χ0n) is 5.75. The van der Waals surface area contributed by atoms with Crippen molar-refractivity contribution in [3.63, 3.8) is 0 Å². The van der Waals surface area contributed by atoms with E-state index < -0.39 is 15.6 Å². The number of rotatable bonds is 0. The molecule has 0 aliphatic heterocycles. The van der Waals surface area contributed by atoms with E-state index in [1.807, 2.05) is 0 Å². The summed E-state index contributed by atoms with van der Waals surface area (Å²) in [4.78, 5) is 51.3. The van der Waals surface area contributed by atoms with Crippen LogP contribution < -0.4 is 29.4 Å². The van der Waals surface area contributed by atoms with Gasteiger partial charge in [-0.3, -0.25) is 0 Å². The summed E-state index contributed by atoms with van der Waals surface area (Å²) in [5, 5.41) is 0. The van der Waals surface area contributed by atoms with Gasteiger partial charge < -0.3 is 38.5 Å². The Morgan fingerprint density at radius 3 is 0.692 bits per heavy atom. The normalized spacial score (nSPS) is 9.08. The molecule has 0 fully saturated rings. The molecule has 0 aliphatic carbocycles. The first-order valence-electron chi connectivity index (χ1n) is 1.46. The second kappa shape index (κ2) is 12.3. The number of hydrogen-bond donors (Lipinski definition) is 0. The Morgan fingerprint density at radius 1 is 0.692 bits per heavy atom. The van der Waals surface area contributed by atoms with E-state index in [2.05, 4.69) is 0 Å². The third-order valence-corrected chi connectivity index (χ3v) is 0. The van der Waals surface area contributed by atoms with Crippen molar-refractivity contribution in [1.82, 2.24) is 0 Å². The fraction of sp³-hybridized carbons (Fsp3) is 0. The van der Waals surface area contributed by atoms with E-state index in [4.69, 9.17) is 38.5 Å². The van der Waals surface area contributed by atoms with E-state index in [0.29, 0.717) is 0 Å². The summed E-state index contributed by atoms with van der Waals surface area (Å²) in [6, 6.07) is 0. The third-order valence-electron chi connectivity index (χ3n) is 0. The summed E-state index contributed by atoms with van der Waals surface area (Å²) in [6.07, 6.45) is 0. The molecule has 0 bridgehead atoms. The molecule has 0 radical (unpaired) electrons. The summed E-state index contributed by atoms with van der Waals surface area (Å²) in [6.45, 7) is 0. The first kappa shape index (κ1) is 29.5. The van der Waals surface area contributed by atoms with Crippen molar-refractivity contribution in [3.05, 3.63) is 0 Å². The van der Waals surface area contributed by atoms with Crippen LogP contribution in [0.3, 0.4) is 0 Å². The summed E-state index contributed by atoms with van der Waals surface area (Å²) < 4.78 is 17.1. The molecular formula is AgAlMgO8P2. The van der Waals surface area contributed by atoms with Crippen LogP contribution in [0, 0.1) is 0 Å². The Morgan fingerprint density at radius 2 is 0.692 bits per heavy atom. The minimum Gasteiger partial charge on any atom is -0.822 e. The van der Waals surface area contributed by atoms with Crippen LogP contribution in [-0.2, 0) is 31.5 Å². The van der Waals surface area contributed by atoms with E-state index in [1.54, 1.807) is 0 Å². The van der Waals surface area contributed by atoms with E-state index in [9.17, 15) is 0 Å². The average Bonchev–Trinajstić information content (AvgIpc) is 1.12. The molecule has 0 rings (SSSR count). The summed E-state index contributed by atoms with van der Waals surface area (Å²) in [5.41, 5.74) is 0. The largest absolute Gasteiger partial charge is 3.00 e. The van der Waals surface area contributed by atoms with Gasteiger partial charge in [0, 0.05) is 0 Å². The molecular weight excluding hydrogens is 349 g/mol. The van der Waals surface area contributed by atoms with Gasteiger partial charge in [-0.25, -0.2) is 0 Å². The van der Waals surface area contributed by atoms with E-state index in [0.717, 1.165) is 0 Å². The summed E-state index contributed by atoms with van der Waals surface area (Å²) in [7, 11) is -10.8. The fourth-order valence-corrected chi connectivity index (χ4v) is 0. The molecule has 0 heterocycles. The molecule has 0 aromatic carbocycles. The van der Waals surface area contributed by atoms with E-state index in [1.165, 1.54) is 0 Å². The Labute approximate surface area is 116 Å². The van der Waals surface area contributed by atoms with Crippen LogP contribution in [0.25, 0.3) is 0 Å². The molecule has 0 unspecified atom stereocenters. The molecule has 74 valence electrons. The van der Waals surface area contributed by atoms with Gasteiger partial charge in [-0.05, 0) is 0 Å². The van der Waals surface area contributed by atoms with Gasteiger partial charge >= 0.3 is 62.8 Å². The van der Waals surface area contributed by atoms with Crippen molar-refractivity contribution in [2.75, 3.05) is 0 Å². The second-order valence-corrected chi connectivity index (χ2v) is 2.68. The molecule has 0 atom stereocenters. The smallest absolute Gasteiger partial charge is 0.822 e. The van der Waals surface area contributed by atoms with Gasteiger partial charge in [0.15, 0.2) is 0 Å². The van der Waals surface area contributed by atoms with Crippen LogP contribution in [0.2, 0.25) is 0 Å². The maximum Gasteiger partial charge on any atom is 3.00 e. The van der Waals surface area contributed by atoms with E-state index >= 15 is 0 Å². The Kier molecular flexibility index (Phi) is 28.0. The van der Waals surface area contributed by atoms with Crippen molar-refractivity contribution >= 4 is 56.1 Å². The topological polar surface area (TPSA) is 172 Å². The molecule has 0 saturated heterocycles. The molecule has 0 saturated carbocycles. The van der Waals surface area contributed by atoms with Gasteiger partial charge in [0.1, 0.15) is 0 Å². The molecule has 0 aromatic rings. The second-order valence-electron chi connectivity index (χ2n) is 0.894. The maximum absolute atomic E-state index is 8.55. The van der Waals surface area contributed by atoms with E-state index in [-0.39, 0.29) is 62.8 Å². The van der Waals surface area contributed by atoms with Gasteiger partial charge in [-0.15, -0.1) is 0 Å². The van der Waals surface area contributed by atoms with Gasteiger partial charge in [0.2, 0.25) is 0 Å². The first-order chi connectivity index (χ1) is 4.00. The molecule has 13 heteroatoms. The minimum absolute atomic E-state index is 0. The van der Waals surface area contributed by atoms with Crippen LogP contribution in [0.5, 0.6) is 0 Å². The monoisotopic (exact) mass is 348 g/mol. The zero-order chi connectivity index (χ0) is 9.00. The van der Waals surface area contributed by atoms with Crippen molar-refractivity contribution in [3.8, 4) is 0 Å². The molecule has 0 aliphatic rings. The minimum atomic E-state index is -5.39. The summed E-state index contributed by atoms with van der Waals surface area (Å²) >= 11 is 0. The summed E-state index contributed by atoms with van der Waals surface area (Å²) in [5.74, 6) is 0. The molecule has 13 heavy (non-hydrogen) atoms. The predicted octanol–water partition coefficient (Wildman–Crippen LogP) is -6.41. The van der Waals surface area contributed by atoms with Crippen molar-refractivity contribution in [1.29, 1.82) is 0 Å². The Hall–Kier alpha value is 2.26. The number of phosphoric acid groups is 2. The molecule has 0 spiro atoms. The standard InChI is InChI=1S/Ag.Al.Mg.2H3O4P/c;;;2*1-5(2,3)4/h;;;2*(H3,1,2,3,4)/q+1;+3;+2;;/p-6. The third kappa shape index (κ3) is 420. The maximum atomic E-state index is 8.55. The zero-order valence-corrected chi connectivity index (χ0v) is 11.6. The molecule has 0 aromatic heterocycles. The van der Waals surface area contributed by atoms with Crippen LogP contribution in [0.4, 0.5) is 0 Å². The SMILES string of the molecule is O=P([O-])([O-])[O-].O=P([O-])([O-])[O-].[Ag+].[Al+3].[Mg+2]. The van der Waals surface area contributed by atoms with Crippen molar-refractivity contribution < 1.29 is 60.9 Å². The Balaban J connectivity index is -0.0000000267. The van der Waals surface area contributed by atoms with Gasteiger partial charge in [-0.2, -0.15) is 15.6 Å². The number of hydrogen-bond acceptors (Lipinski definition) is 8. The average molecular weight is 349 g/mol. The molecule has 0 N–H and O–H groups in total. The predicted molar refractivity (Wildman–Crippen MR) is 26.7 cm³/mol. The van der Waals surface area contributed by atoms with Gasteiger partial charge in [0.25, 0.3) is 0 Å². The van der Waals surface area contributed by atoms with Gasteiger partial charge in [-0.1, -0.05) is 0 Å². The fourth-order valence-electron chi connectivity index (χ4n) is 0. The van der Waals surface area contributed by atoms with Crippen LogP contribution in [0.15, 0.2) is 0 Å². The first-order valence-corrected chi connectivity index (χ1v) is 4.38. The van der Waals surface area contributed by atoms with Crippen molar-refractivity contribution in [2.45, 2.75) is 0 Å². The molecule has 0 amide bonds. The van der Waals surface area contributed by atoms with Gasteiger partial charge in [0.05, 0.1) is 0 Å². The quantitative estimate of drug-likeness (QED) is 0.307. The molecule has 8 nitrogen and oxygen atoms in total. The van der Waals surface area contributed by atoms with Crippen molar-refractivity contribution in [2.24, 2.45) is 0 Å². The van der Waals surface area contributed by atoms with Crippen LogP contribution in [0.1, 0.15) is 0 Å². The van der Waals surface area contributed by atoms with Crippen LogP contribution in [-0.4, -0.2) is 40.4 Å². The van der Waals surface area contributed by atoms with Crippen LogP contribution >= 0.6 is 15.6 Å².